The second-order valence-corrected chi connectivity index (χ2v) is 6.07. The van der Waals surface area contributed by atoms with Crippen molar-refractivity contribution in [3.63, 3.8) is 0 Å². The quantitative estimate of drug-likeness (QED) is 0.757. The third-order valence-corrected chi connectivity index (χ3v) is 3.98. The summed E-state index contributed by atoms with van der Waals surface area (Å²) in [6, 6.07) is 6.42. The van der Waals surface area contributed by atoms with Crippen molar-refractivity contribution in [1.29, 1.82) is 0 Å². The van der Waals surface area contributed by atoms with E-state index in [0.29, 0.717) is 5.75 Å². The molecule has 2 nitrogen and oxygen atoms in total. The highest BCUT2D eigenvalue weighted by molar-refractivity contribution is 7.84. The number of hydrogen-bond donors (Lipinski definition) is 1. The number of benzene rings is 1. The average molecular weight is 253 g/mol. The first-order valence-electron chi connectivity index (χ1n) is 6.24. The summed E-state index contributed by atoms with van der Waals surface area (Å²) in [5.41, 5.74) is 3.71. The van der Waals surface area contributed by atoms with E-state index in [1.54, 1.807) is 0 Å². The highest BCUT2D eigenvalue weighted by Gasteiger charge is 2.03. The van der Waals surface area contributed by atoms with Crippen LogP contribution >= 0.6 is 0 Å². The zero-order valence-corrected chi connectivity index (χ0v) is 11.9. The van der Waals surface area contributed by atoms with Gasteiger partial charge < -0.3 is 5.32 Å². The van der Waals surface area contributed by atoms with Crippen LogP contribution in [0.5, 0.6) is 0 Å². The van der Waals surface area contributed by atoms with Gasteiger partial charge in [-0.05, 0) is 38.9 Å². The first-order chi connectivity index (χ1) is 8.11. The standard InChI is InChI=1S/C14H23NOS/c1-4-15-6-5-7-17(16)11-14-9-12(2)8-13(3)10-14/h8-10,15H,4-7,11H2,1-3H3. The van der Waals surface area contributed by atoms with Gasteiger partial charge in [0, 0.05) is 22.3 Å². The van der Waals surface area contributed by atoms with Crippen LogP contribution in [0.3, 0.4) is 0 Å². The third kappa shape index (κ3) is 5.99. The van der Waals surface area contributed by atoms with E-state index < -0.39 is 10.8 Å². The van der Waals surface area contributed by atoms with Gasteiger partial charge in [0.25, 0.3) is 0 Å². The molecule has 0 aromatic heterocycles. The van der Waals surface area contributed by atoms with Gasteiger partial charge in [-0.3, -0.25) is 4.21 Å². The normalized spacial score (nSPS) is 12.6. The van der Waals surface area contributed by atoms with Crippen molar-refractivity contribution in [2.75, 3.05) is 18.8 Å². The Morgan fingerprint density at radius 3 is 2.41 bits per heavy atom. The fraction of sp³-hybridized carbons (Fsp3) is 0.571. The Morgan fingerprint density at radius 1 is 1.18 bits per heavy atom. The van der Waals surface area contributed by atoms with Gasteiger partial charge in [0.05, 0.1) is 0 Å². The summed E-state index contributed by atoms with van der Waals surface area (Å²) in [5, 5.41) is 3.25. The molecule has 1 atom stereocenters. The molecule has 0 aliphatic carbocycles. The zero-order valence-electron chi connectivity index (χ0n) is 11.1. The van der Waals surface area contributed by atoms with Crippen LogP contribution in [0.1, 0.15) is 30.0 Å². The monoisotopic (exact) mass is 253 g/mol. The molecule has 0 spiro atoms. The lowest BCUT2D eigenvalue weighted by atomic mass is 10.1. The maximum Gasteiger partial charge on any atom is 0.0485 e. The summed E-state index contributed by atoms with van der Waals surface area (Å²) >= 11 is 0. The van der Waals surface area contributed by atoms with E-state index >= 15 is 0 Å². The molecule has 1 aromatic rings. The van der Waals surface area contributed by atoms with Crippen LogP contribution in [0.25, 0.3) is 0 Å². The molecule has 1 rings (SSSR count). The van der Waals surface area contributed by atoms with Crippen molar-refractivity contribution in [2.24, 2.45) is 0 Å². The van der Waals surface area contributed by atoms with Crippen molar-refractivity contribution in [3.8, 4) is 0 Å². The molecule has 96 valence electrons. The summed E-state index contributed by atoms with van der Waals surface area (Å²) < 4.78 is 11.9. The molecule has 0 saturated heterocycles. The third-order valence-electron chi connectivity index (χ3n) is 2.58. The van der Waals surface area contributed by atoms with Gasteiger partial charge in [0.2, 0.25) is 0 Å². The minimum atomic E-state index is -0.731. The molecule has 0 aliphatic heterocycles. The number of nitrogens with one attached hydrogen (secondary N) is 1. The fourth-order valence-corrected chi connectivity index (χ4v) is 3.09. The van der Waals surface area contributed by atoms with Crippen molar-refractivity contribution in [2.45, 2.75) is 32.9 Å². The molecule has 1 N–H and O–H groups in total. The van der Waals surface area contributed by atoms with Gasteiger partial charge in [-0.2, -0.15) is 0 Å². The SMILES string of the molecule is CCNCCCS(=O)Cc1cc(C)cc(C)c1. The Morgan fingerprint density at radius 2 is 1.82 bits per heavy atom. The smallest absolute Gasteiger partial charge is 0.0485 e. The maximum absolute atomic E-state index is 11.9. The Balaban J connectivity index is 2.39. The van der Waals surface area contributed by atoms with Crippen molar-refractivity contribution in [1.82, 2.24) is 5.32 Å². The summed E-state index contributed by atoms with van der Waals surface area (Å²) in [4.78, 5) is 0. The van der Waals surface area contributed by atoms with Gasteiger partial charge in [-0.15, -0.1) is 0 Å². The Hall–Kier alpha value is -0.670. The van der Waals surface area contributed by atoms with Crippen LogP contribution in [-0.4, -0.2) is 23.1 Å². The molecule has 0 amide bonds. The van der Waals surface area contributed by atoms with Gasteiger partial charge in [-0.25, -0.2) is 0 Å². The van der Waals surface area contributed by atoms with E-state index in [2.05, 4.69) is 44.3 Å². The lowest BCUT2D eigenvalue weighted by molar-refractivity contribution is 0.669. The summed E-state index contributed by atoms with van der Waals surface area (Å²) in [6.07, 6.45) is 0.991. The Kier molecular flexibility index (Phi) is 6.45. The predicted octanol–water partition coefficient (Wildman–Crippen LogP) is 2.55. The summed E-state index contributed by atoms with van der Waals surface area (Å²) in [7, 11) is -0.731. The second kappa shape index (κ2) is 7.62. The highest BCUT2D eigenvalue weighted by atomic mass is 32.2. The molecule has 0 aliphatic rings. The molecule has 0 bridgehead atoms. The van der Waals surface area contributed by atoms with E-state index in [1.807, 2.05) is 0 Å². The van der Waals surface area contributed by atoms with Crippen LogP contribution in [0.15, 0.2) is 18.2 Å². The minimum Gasteiger partial charge on any atom is -0.317 e. The van der Waals surface area contributed by atoms with Crippen molar-refractivity contribution >= 4 is 10.8 Å². The van der Waals surface area contributed by atoms with Gasteiger partial charge >= 0.3 is 0 Å². The summed E-state index contributed by atoms with van der Waals surface area (Å²) in [5.74, 6) is 1.48. The van der Waals surface area contributed by atoms with Gasteiger partial charge in [0.15, 0.2) is 0 Å². The topological polar surface area (TPSA) is 29.1 Å². The van der Waals surface area contributed by atoms with Crippen LogP contribution in [0, 0.1) is 13.8 Å². The molecule has 0 radical (unpaired) electrons. The van der Waals surface area contributed by atoms with Crippen molar-refractivity contribution < 1.29 is 4.21 Å². The minimum absolute atomic E-state index is 0.689. The summed E-state index contributed by atoms with van der Waals surface area (Å²) in [6.45, 7) is 8.22. The van der Waals surface area contributed by atoms with E-state index in [1.165, 1.54) is 16.7 Å². The van der Waals surface area contributed by atoms with Crippen LogP contribution < -0.4 is 5.32 Å². The molecular formula is C14H23NOS. The lowest BCUT2D eigenvalue weighted by Crippen LogP contribution is -2.16. The lowest BCUT2D eigenvalue weighted by Gasteiger charge is -2.06. The van der Waals surface area contributed by atoms with E-state index in [9.17, 15) is 4.21 Å². The molecule has 1 unspecified atom stereocenters. The fourth-order valence-electron chi connectivity index (χ4n) is 1.95. The molecule has 3 heteroatoms. The molecule has 1 aromatic carbocycles. The predicted molar refractivity (Wildman–Crippen MR) is 75.8 cm³/mol. The van der Waals surface area contributed by atoms with Crippen LogP contribution in [0.4, 0.5) is 0 Å². The van der Waals surface area contributed by atoms with Gasteiger partial charge in [-0.1, -0.05) is 36.2 Å². The maximum atomic E-state index is 11.9. The zero-order chi connectivity index (χ0) is 12.7. The van der Waals surface area contributed by atoms with E-state index in [-0.39, 0.29) is 0 Å². The molecule has 0 fully saturated rings. The number of aryl methyl sites for hydroxylation is 2. The number of hydrogen-bond acceptors (Lipinski definition) is 2. The van der Waals surface area contributed by atoms with Gasteiger partial charge in [0.1, 0.15) is 0 Å². The Bertz CT molecular complexity index is 356. The molecule has 0 heterocycles. The first-order valence-corrected chi connectivity index (χ1v) is 7.73. The first kappa shape index (κ1) is 14.4. The molecule has 0 saturated carbocycles. The number of rotatable bonds is 7. The Labute approximate surface area is 107 Å². The average Bonchev–Trinajstić information content (AvgIpc) is 2.23. The molecule has 17 heavy (non-hydrogen) atoms. The highest BCUT2D eigenvalue weighted by Crippen LogP contribution is 2.11. The second-order valence-electron chi connectivity index (χ2n) is 4.49. The van der Waals surface area contributed by atoms with Crippen LogP contribution in [0.2, 0.25) is 0 Å². The van der Waals surface area contributed by atoms with E-state index in [4.69, 9.17) is 0 Å². The molecular weight excluding hydrogens is 230 g/mol. The van der Waals surface area contributed by atoms with Crippen LogP contribution in [-0.2, 0) is 16.6 Å². The van der Waals surface area contributed by atoms with E-state index in [0.717, 1.165) is 25.3 Å². The van der Waals surface area contributed by atoms with Crippen molar-refractivity contribution in [3.05, 3.63) is 34.9 Å². The largest absolute Gasteiger partial charge is 0.317 e.